The van der Waals surface area contributed by atoms with Gasteiger partial charge in [-0.3, -0.25) is 14.7 Å². The molecule has 1 aromatic heterocycles. The molecule has 0 saturated carbocycles. The lowest BCUT2D eigenvalue weighted by Gasteiger charge is -2.19. The Morgan fingerprint density at radius 2 is 2.04 bits per heavy atom. The van der Waals surface area contributed by atoms with Crippen molar-refractivity contribution < 1.29 is 9.59 Å². The highest BCUT2D eigenvalue weighted by atomic mass is 32.2. The molecule has 0 radical (unpaired) electrons. The topological polar surface area (TPSA) is 78.1 Å². The van der Waals surface area contributed by atoms with Crippen LogP contribution >= 0.6 is 11.8 Å². The van der Waals surface area contributed by atoms with Crippen LogP contribution in [0.1, 0.15) is 63.1 Å². The van der Waals surface area contributed by atoms with E-state index in [9.17, 15) is 9.59 Å². The largest absolute Gasteiger partial charge is 0.351 e. The van der Waals surface area contributed by atoms with Gasteiger partial charge in [0.05, 0.1) is 5.25 Å². The summed E-state index contributed by atoms with van der Waals surface area (Å²) in [4.78, 5) is 26.5. The lowest BCUT2D eigenvalue weighted by atomic mass is 10.1. The van der Waals surface area contributed by atoms with E-state index in [-0.39, 0.29) is 23.1 Å². The standard InChI is InChI=1S/C17H28N4O2S/c1-10(2)14-8-15(20-19-14)17(23)21-7-6-13(9-21)18-16(22)12(5)24-11(3)4/h8,10-13H,6-7,9H2,1-5H3,(H,18,22)(H,19,20). The maximum atomic E-state index is 12.5. The number of H-pyrrole nitrogens is 1. The summed E-state index contributed by atoms with van der Waals surface area (Å²) in [5.41, 5.74) is 1.41. The summed E-state index contributed by atoms with van der Waals surface area (Å²) in [6.45, 7) is 11.4. The van der Waals surface area contributed by atoms with Crippen LogP contribution in [0.5, 0.6) is 0 Å². The van der Waals surface area contributed by atoms with E-state index < -0.39 is 0 Å². The van der Waals surface area contributed by atoms with Crippen molar-refractivity contribution in [2.45, 2.75) is 63.5 Å². The van der Waals surface area contributed by atoms with E-state index in [1.807, 2.05) is 13.0 Å². The number of thioether (sulfide) groups is 1. The first kappa shape index (κ1) is 18.8. The summed E-state index contributed by atoms with van der Waals surface area (Å²) in [5.74, 6) is 0.291. The van der Waals surface area contributed by atoms with Gasteiger partial charge in [-0.2, -0.15) is 5.10 Å². The Morgan fingerprint density at radius 1 is 1.33 bits per heavy atom. The van der Waals surface area contributed by atoms with Crippen molar-refractivity contribution in [1.82, 2.24) is 20.4 Å². The molecule has 0 aliphatic carbocycles. The van der Waals surface area contributed by atoms with Gasteiger partial charge in [-0.1, -0.05) is 27.7 Å². The molecular formula is C17H28N4O2S. The molecule has 2 unspecified atom stereocenters. The van der Waals surface area contributed by atoms with E-state index in [1.54, 1.807) is 16.7 Å². The van der Waals surface area contributed by atoms with Crippen molar-refractivity contribution in [1.29, 1.82) is 0 Å². The second-order valence-corrected chi connectivity index (χ2v) is 8.86. The van der Waals surface area contributed by atoms with Crippen LogP contribution < -0.4 is 5.32 Å². The summed E-state index contributed by atoms with van der Waals surface area (Å²) in [7, 11) is 0. The van der Waals surface area contributed by atoms with Crippen LogP contribution in [-0.4, -0.2) is 56.5 Å². The van der Waals surface area contributed by atoms with Gasteiger partial charge in [-0.25, -0.2) is 0 Å². The molecule has 2 N–H and O–H groups in total. The molecule has 0 bridgehead atoms. The molecule has 1 fully saturated rings. The smallest absolute Gasteiger partial charge is 0.274 e. The van der Waals surface area contributed by atoms with Crippen LogP contribution in [0, 0.1) is 0 Å². The molecule has 2 amide bonds. The molecule has 1 saturated heterocycles. The van der Waals surface area contributed by atoms with Gasteiger partial charge in [0.15, 0.2) is 0 Å². The van der Waals surface area contributed by atoms with Crippen molar-refractivity contribution in [2.24, 2.45) is 0 Å². The number of carbonyl (C=O) groups is 2. The lowest BCUT2D eigenvalue weighted by molar-refractivity contribution is -0.120. The van der Waals surface area contributed by atoms with E-state index in [0.29, 0.717) is 30.0 Å². The fourth-order valence-corrected chi connectivity index (χ4v) is 3.76. The minimum Gasteiger partial charge on any atom is -0.351 e. The van der Waals surface area contributed by atoms with Gasteiger partial charge in [-0.05, 0) is 30.6 Å². The number of hydrogen-bond donors (Lipinski definition) is 2. The summed E-state index contributed by atoms with van der Waals surface area (Å²) < 4.78 is 0. The summed E-state index contributed by atoms with van der Waals surface area (Å²) in [6, 6.07) is 1.85. The molecule has 1 aliphatic rings. The van der Waals surface area contributed by atoms with E-state index in [1.165, 1.54) is 0 Å². The van der Waals surface area contributed by atoms with Crippen LogP contribution in [0.3, 0.4) is 0 Å². The van der Waals surface area contributed by atoms with Crippen molar-refractivity contribution >= 4 is 23.6 Å². The number of nitrogens with zero attached hydrogens (tertiary/aromatic N) is 2. The minimum atomic E-state index is -0.0744. The monoisotopic (exact) mass is 352 g/mol. The van der Waals surface area contributed by atoms with Gasteiger partial charge in [0, 0.05) is 24.8 Å². The Bertz CT molecular complexity index is 585. The number of carbonyl (C=O) groups excluding carboxylic acids is 2. The molecule has 134 valence electrons. The van der Waals surface area contributed by atoms with Crippen LogP contribution in [0.15, 0.2) is 6.07 Å². The predicted molar refractivity (Wildman–Crippen MR) is 97.3 cm³/mol. The Labute approximate surface area is 148 Å². The molecule has 2 rings (SSSR count). The normalized spacial score (nSPS) is 19.1. The number of rotatable bonds is 6. The van der Waals surface area contributed by atoms with Gasteiger partial charge < -0.3 is 10.2 Å². The van der Waals surface area contributed by atoms with Gasteiger partial charge in [0.1, 0.15) is 5.69 Å². The zero-order valence-corrected chi connectivity index (χ0v) is 15.9. The third-order valence-electron chi connectivity index (χ3n) is 4.11. The first-order chi connectivity index (χ1) is 11.3. The maximum Gasteiger partial charge on any atom is 0.274 e. The molecule has 1 aliphatic heterocycles. The second-order valence-electron chi connectivity index (χ2n) is 6.94. The lowest BCUT2D eigenvalue weighted by Crippen LogP contribution is -2.42. The van der Waals surface area contributed by atoms with Gasteiger partial charge in [0.25, 0.3) is 5.91 Å². The molecule has 2 atom stereocenters. The van der Waals surface area contributed by atoms with Crippen LogP contribution in [0.4, 0.5) is 0 Å². The third-order valence-corrected chi connectivity index (χ3v) is 5.27. The molecule has 7 heteroatoms. The summed E-state index contributed by atoms with van der Waals surface area (Å²) in [6.07, 6.45) is 0.790. The fourth-order valence-electron chi connectivity index (χ4n) is 2.76. The van der Waals surface area contributed by atoms with Crippen LogP contribution in [0.2, 0.25) is 0 Å². The van der Waals surface area contributed by atoms with Crippen molar-refractivity contribution in [3.8, 4) is 0 Å². The number of amides is 2. The highest BCUT2D eigenvalue weighted by molar-refractivity contribution is 8.01. The van der Waals surface area contributed by atoms with E-state index in [2.05, 4.69) is 43.2 Å². The summed E-state index contributed by atoms with van der Waals surface area (Å²) >= 11 is 1.65. The Balaban J connectivity index is 1.88. The molecule has 0 spiro atoms. The molecule has 6 nitrogen and oxygen atoms in total. The maximum absolute atomic E-state index is 12.5. The number of aromatic amines is 1. The fraction of sp³-hybridized carbons (Fsp3) is 0.706. The number of nitrogens with one attached hydrogen (secondary N) is 2. The number of likely N-dealkylation sites (tertiary alicyclic amines) is 1. The number of hydrogen-bond acceptors (Lipinski definition) is 4. The number of aromatic nitrogens is 2. The van der Waals surface area contributed by atoms with Gasteiger partial charge in [-0.15, -0.1) is 11.8 Å². The first-order valence-electron chi connectivity index (χ1n) is 8.58. The van der Waals surface area contributed by atoms with Crippen molar-refractivity contribution in [3.63, 3.8) is 0 Å². The Kier molecular flexibility index (Phi) is 6.32. The average Bonchev–Trinajstić information content (AvgIpc) is 3.15. The van der Waals surface area contributed by atoms with Crippen LogP contribution in [0.25, 0.3) is 0 Å². The van der Waals surface area contributed by atoms with Crippen LogP contribution in [-0.2, 0) is 4.79 Å². The first-order valence-corrected chi connectivity index (χ1v) is 9.52. The molecule has 0 aromatic carbocycles. The summed E-state index contributed by atoms with van der Waals surface area (Å²) in [5, 5.41) is 10.4. The highest BCUT2D eigenvalue weighted by Gasteiger charge is 2.30. The van der Waals surface area contributed by atoms with E-state index >= 15 is 0 Å². The van der Waals surface area contributed by atoms with Crippen molar-refractivity contribution in [2.75, 3.05) is 13.1 Å². The quantitative estimate of drug-likeness (QED) is 0.824. The Hall–Kier alpha value is -1.50. The third kappa shape index (κ3) is 4.75. The van der Waals surface area contributed by atoms with Gasteiger partial charge in [0.2, 0.25) is 5.91 Å². The molecule has 24 heavy (non-hydrogen) atoms. The molecular weight excluding hydrogens is 324 g/mol. The average molecular weight is 353 g/mol. The molecule has 1 aromatic rings. The van der Waals surface area contributed by atoms with E-state index in [0.717, 1.165) is 12.1 Å². The zero-order chi connectivity index (χ0) is 17.9. The predicted octanol–water partition coefficient (Wildman–Crippen LogP) is 2.39. The highest BCUT2D eigenvalue weighted by Crippen LogP contribution is 2.19. The second kappa shape index (κ2) is 8.05. The zero-order valence-electron chi connectivity index (χ0n) is 15.1. The van der Waals surface area contributed by atoms with E-state index in [4.69, 9.17) is 0 Å². The SMILES string of the molecule is CC(C)SC(C)C(=O)NC1CCN(C(=O)c2cc(C(C)C)[nH]n2)C1. The minimum absolute atomic E-state index is 0.0279. The van der Waals surface area contributed by atoms with Crippen molar-refractivity contribution in [3.05, 3.63) is 17.5 Å². The molecule has 2 heterocycles. The Morgan fingerprint density at radius 3 is 2.62 bits per heavy atom. The van der Waals surface area contributed by atoms with Gasteiger partial charge >= 0.3 is 0 Å².